The molecule has 0 unspecified atom stereocenters. The first-order valence-corrected chi connectivity index (χ1v) is 6.44. The maximum absolute atomic E-state index is 3.48. The number of allylic oxidation sites excluding steroid dienone is 1. The van der Waals surface area contributed by atoms with Gasteiger partial charge in [0.2, 0.25) is 0 Å². The Morgan fingerprint density at radius 1 is 0.867 bits per heavy atom. The normalized spacial score (nSPS) is 9.93. The fourth-order valence-electron chi connectivity index (χ4n) is 0.250. The van der Waals surface area contributed by atoms with Gasteiger partial charge in [0.1, 0.15) is 0 Å². The Hall–Kier alpha value is -0.520. The van der Waals surface area contributed by atoms with Gasteiger partial charge in [-0.3, -0.25) is 0 Å². The van der Waals surface area contributed by atoms with Gasteiger partial charge in [0.25, 0.3) is 0 Å². The molecular weight excluding hydrogens is 180 g/mol. The molecule has 0 N–H and O–H groups in total. The Morgan fingerprint density at radius 2 is 1.00 bits per heavy atom. The summed E-state index contributed by atoms with van der Waals surface area (Å²) in [6.07, 6.45) is 10.2. The van der Waals surface area contributed by atoms with Gasteiger partial charge in [-0.25, -0.2) is 0 Å². The van der Waals surface area contributed by atoms with Crippen molar-refractivity contribution in [1.82, 2.24) is 0 Å². The molecule has 0 spiro atoms. The lowest BCUT2D eigenvalue weighted by Gasteiger charge is -2.05. The minimum absolute atomic E-state index is 1.08. The molecule has 0 aromatic rings. The van der Waals surface area contributed by atoms with Crippen LogP contribution in [-0.4, -0.2) is 0 Å². The minimum Gasteiger partial charge on any atom is -0.106 e. The first kappa shape index (κ1) is 24.0. The van der Waals surface area contributed by atoms with Crippen LogP contribution in [0, 0.1) is 0 Å². The van der Waals surface area contributed by atoms with Crippen molar-refractivity contribution in [3.8, 4) is 0 Å². The summed E-state index contributed by atoms with van der Waals surface area (Å²) in [6, 6.07) is 0. The summed E-state index contributed by atoms with van der Waals surface area (Å²) in [4.78, 5) is 0. The largest absolute Gasteiger partial charge is 0.106 e. The molecule has 1 rings (SSSR count). The predicted molar refractivity (Wildman–Crippen MR) is 77.5 cm³/mol. The van der Waals surface area contributed by atoms with E-state index in [0.717, 1.165) is 6.42 Å². The van der Waals surface area contributed by atoms with Gasteiger partial charge in [-0.15, -0.1) is 19.7 Å². The SMILES string of the molecule is C1CCC1.C=C.C=CCC.CC.CCC. The zero-order valence-corrected chi connectivity index (χ0v) is 11.9. The van der Waals surface area contributed by atoms with Crippen LogP contribution in [0.4, 0.5) is 0 Å². The monoisotopic (exact) mass is 214 g/mol. The fraction of sp³-hybridized carbons (Fsp3) is 0.733. The summed E-state index contributed by atoms with van der Waals surface area (Å²) in [7, 11) is 0. The molecule has 0 amide bonds. The number of hydrogen-bond acceptors (Lipinski definition) is 0. The Balaban J connectivity index is -0.0000000526. The maximum Gasteiger partial charge on any atom is -0.0382 e. The summed E-state index contributed by atoms with van der Waals surface area (Å²) in [5.41, 5.74) is 0. The second-order valence-electron chi connectivity index (χ2n) is 2.82. The Labute approximate surface area is 99.5 Å². The van der Waals surface area contributed by atoms with Crippen molar-refractivity contribution >= 4 is 0 Å². The quantitative estimate of drug-likeness (QED) is 0.444. The van der Waals surface area contributed by atoms with Crippen molar-refractivity contribution in [1.29, 1.82) is 0 Å². The van der Waals surface area contributed by atoms with Gasteiger partial charge < -0.3 is 0 Å². The van der Waals surface area contributed by atoms with Crippen LogP contribution >= 0.6 is 0 Å². The van der Waals surface area contributed by atoms with E-state index in [1.165, 1.54) is 32.1 Å². The molecule has 0 bridgehead atoms. The standard InChI is InChI=1S/2C4H8.C3H8.C2H6.C2H4/c1-2-4-3-1;1-3-4-2;1-3-2;2*1-2/h1-4H2;3H,1,4H2,2H3;3H2,1-2H3;1-2H3;1-2H2. The van der Waals surface area contributed by atoms with E-state index in [1.807, 2.05) is 19.9 Å². The maximum atomic E-state index is 3.48. The Kier molecular flexibility index (Phi) is 79.9. The first-order valence-electron chi connectivity index (χ1n) is 6.44. The van der Waals surface area contributed by atoms with Gasteiger partial charge in [-0.1, -0.05) is 72.8 Å². The second kappa shape index (κ2) is 50.0. The van der Waals surface area contributed by atoms with Crippen molar-refractivity contribution < 1.29 is 0 Å². The molecule has 1 aliphatic rings. The van der Waals surface area contributed by atoms with Crippen LogP contribution in [0.15, 0.2) is 25.8 Å². The Bertz CT molecular complexity index is 56.4. The molecule has 1 aliphatic carbocycles. The van der Waals surface area contributed by atoms with Crippen LogP contribution < -0.4 is 0 Å². The molecule has 94 valence electrons. The second-order valence-corrected chi connectivity index (χ2v) is 2.82. The molecule has 0 heteroatoms. The predicted octanol–water partition coefficient (Wildman–Crippen LogP) is 6.39. The van der Waals surface area contributed by atoms with E-state index in [1.54, 1.807) is 0 Å². The summed E-state index contributed by atoms with van der Waals surface area (Å²) in [5.74, 6) is 0. The van der Waals surface area contributed by atoms with Crippen LogP contribution in [-0.2, 0) is 0 Å². The fourth-order valence-corrected chi connectivity index (χ4v) is 0.250. The highest BCUT2D eigenvalue weighted by atomic mass is 14.0. The topological polar surface area (TPSA) is 0 Å². The Morgan fingerprint density at radius 3 is 1.00 bits per heavy atom. The number of hydrogen-bond donors (Lipinski definition) is 0. The van der Waals surface area contributed by atoms with Gasteiger partial charge in [0.15, 0.2) is 0 Å². The average molecular weight is 214 g/mol. The smallest absolute Gasteiger partial charge is 0.0382 e. The molecule has 0 radical (unpaired) electrons. The summed E-state index contributed by atoms with van der Waals surface area (Å²) in [6.45, 7) is 19.8. The van der Waals surface area contributed by atoms with Crippen LogP contribution in [0.25, 0.3) is 0 Å². The van der Waals surface area contributed by atoms with Gasteiger partial charge in [-0.05, 0) is 6.42 Å². The van der Waals surface area contributed by atoms with E-state index in [-0.39, 0.29) is 0 Å². The van der Waals surface area contributed by atoms with Crippen molar-refractivity contribution in [2.75, 3.05) is 0 Å². The minimum atomic E-state index is 1.08. The third kappa shape index (κ3) is 88.5. The lowest BCUT2D eigenvalue weighted by Crippen LogP contribution is -1.85. The van der Waals surface area contributed by atoms with Gasteiger partial charge in [-0.2, -0.15) is 0 Å². The van der Waals surface area contributed by atoms with Crippen molar-refractivity contribution in [3.05, 3.63) is 25.8 Å². The van der Waals surface area contributed by atoms with Crippen LogP contribution in [0.3, 0.4) is 0 Å². The zero-order chi connectivity index (χ0) is 12.9. The molecule has 0 atom stereocenters. The van der Waals surface area contributed by atoms with E-state index < -0.39 is 0 Å². The van der Waals surface area contributed by atoms with Gasteiger partial charge in [0, 0.05) is 0 Å². The van der Waals surface area contributed by atoms with Crippen LogP contribution in [0.1, 0.15) is 73.1 Å². The lowest BCUT2D eigenvalue weighted by atomic mass is 10.0. The van der Waals surface area contributed by atoms with Crippen molar-refractivity contribution in [2.24, 2.45) is 0 Å². The van der Waals surface area contributed by atoms with E-state index in [0.29, 0.717) is 0 Å². The highest BCUT2D eigenvalue weighted by Crippen LogP contribution is 2.15. The summed E-state index contributed by atoms with van der Waals surface area (Å²) in [5, 5.41) is 0. The van der Waals surface area contributed by atoms with Gasteiger partial charge in [0.05, 0.1) is 0 Å². The molecule has 0 aromatic heterocycles. The molecule has 0 heterocycles. The molecule has 0 saturated heterocycles. The highest BCUT2D eigenvalue weighted by molar-refractivity contribution is 4.60. The summed E-state index contributed by atoms with van der Waals surface area (Å²) >= 11 is 0. The third-order valence-corrected chi connectivity index (χ3v) is 1.29. The van der Waals surface area contributed by atoms with E-state index >= 15 is 0 Å². The van der Waals surface area contributed by atoms with Gasteiger partial charge >= 0.3 is 0 Å². The van der Waals surface area contributed by atoms with Crippen LogP contribution in [0.2, 0.25) is 0 Å². The van der Waals surface area contributed by atoms with Crippen LogP contribution in [0.5, 0.6) is 0 Å². The molecule has 1 saturated carbocycles. The average Bonchev–Trinajstić information content (AvgIpc) is 2.22. The van der Waals surface area contributed by atoms with Crippen molar-refractivity contribution in [2.45, 2.75) is 73.1 Å². The van der Waals surface area contributed by atoms with E-state index in [2.05, 4.69) is 40.5 Å². The molecule has 0 aromatic carbocycles. The third-order valence-electron chi connectivity index (χ3n) is 1.29. The molecular formula is C15H34. The van der Waals surface area contributed by atoms with E-state index in [4.69, 9.17) is 0 Å². The summed E-state index contributed by atoms with van der Waals surface area (Å²) < 4.78 is 0. The first-order chi connectivity index (χ1) is 7.33. The van der Waals surface area contributed by atoms with E-state index in [9.17, 15) is 0 Å². The number of rotatable bonds is 1. The van der Waals surface area contributed by atoms with Crippen molar-refractivity contribution in [3.63, 3.8) is 0 Å². The molecule has 15 heavy (non-hydrogen) atoms. The lowest BCUT2D eigenvalue weighted by molar-refractivity contribution is 0.504. The molecule has 1 fully saturated rings. The molecule has 0 nitrogen and oxygen atoms in total. The highest BCUT2D eigenvalue weighted by Gasteiger charge is 1.95. The zero-order valence-electron chi connectivity index (χ0n) is 11.9. The molecule has 0 aliphatic heterocycles.